The smallest absolute Gasteiger partial charge is 0.480 e. The Balaban J connectivity index is 0.000000782. The lowest BCUT2D eigenvalue weighted by Gasteiger charge is -2.34. The second-order valence-corrected chi connectivity index (χ2v) is 10.2. The van der Waals surface area contributed by atoms with Crippen LogP contribution in [0.1, 0.15) is 44.1 Å². The summed E-state index contributed by atoms with van der Waals surface area (Å²) in [6, 6.07) is 8.44. The van der Waals surface area contributed by atoms with Crippen molar-refractivity contribution >= 4 is 29.8 Å². The predicted octanol–water partition coefficient (Wildman–Crippen LogP) is 2.22. The monoisotopic (exact) mass is 602 g/mol. The van der Waals surface area contributed by atoms with Crippen molar-refractivity contribution in [1.82, 2.24) is 15.1 Å². The largest absolute Gasteiger partial charge is 0.490 e. The summed E-state index contributed by atoms with van der Waals surface area (Å²) in [6.07, 6.45) is -1.14. The lowest BCUT2D eigenvalue weighted by Crippen LogP contribution is -2.48. The summed E-state index contributed by atoms with van der Waals surface area (Å²) >= 11 is 0. The van der Waals surface area contributed by atoms with E-state index in [1.54, 1.807) is 9.80 Å². The van der Waals surface area contributed by atoms with E-state index in [9.17, 15) is 32.3 Å². The van der Waals surface area contributed by atoms with Crippen molar-refractivity contribution in [2.75, 3.05) is 32.7 Å². The summed E-state index contributed by atoms with van der Waals surface area (Å²) in [5.74, 6) is -4.12. The second kappa shape index (κ2) is 16.5. The number of carbonyl (C=O) groups is 5. The van der Waals surface area contributed by atoms with Crippen LogP contribution in [0.15, 0.2) is 30.3 Å². The molecule has 3 amide bonds. The van der Waals surface area contributed by atoms with Gasteiger partial charge in [0.25, 0.3) is 0 Å². The fraction of sp³-hybridized carbons (Fsp3) is 0.593. The van der Waals surface area contributed by atoms with Crippen molar-refractivity contribution in [3.05, 3.63) is 35.9 Å². The van der Waals surface area contributed by atoms with Gasteiger partial charge in [-0.2, -0.15) is 13.2 Å². The second-order valence-electron chi connectivity index (χ2n) is 10.2. The molecule has 1 aromatic rings. The Kier molecular flexibility index (Phi) is 13.5. The van der Waals surface area contributed by atoms with Gasteiger partial charge in [-0.25, -0.2) is 9.59 Å². The van der Waals surface area contributed by atoms with Gasteiger partial charge in [-0.3, -0.25) is 14.4 Å². The maximum Gasteiger partial charge on any atom is 0.490 e. The number of halogens is 3. The van der Waals surface area contributed by atoms with Crippen molar-refractivity contribution in [2.45, 2.75) is 57.3 Å². The highest BCUT2D eigenvalue weighted by molar-refractivity contribution is 5.82. The van der Waals surface area contributed by atoms with Crippen LogP contribution in [-0.2, 0) is 30.5 Å². The van der Waals surface area contributed by atoms with Gasteiger partial charge in [-0.15, -0.1) is 0 Å². The molecule has 1 aromatic carbocycles. The number of nitrogens with one attached hydrogen (secondary N) is 1. The van der Waals surface area contributed by atoms with Gasteiger partial charge >= 0.3 is 24.2 Å². The fourth-order valence-electron chi connectivity index (χ4n) is 4.56. The molecule has 0 aromatic heterocycles. The molecule has 2 heterocycles. The third kappa shape index (κ3) is 11.9. The molecule has 2 aliphatic rings. The van der Waals surface area contributed by atoms with Gasteiger partial charge in [-0.05, 0) is 43.6 Å². The Labute approximate surface area is 241 Å². The van der Waals surface area contributed by atoms with E-state index in [-0.39, 0.29) is 37.0 Å². The highest BCUT2D eigenvalue weighted by Crippen LogP contribution is 2.24. The van der Waals surface area contributed by atoms with Crippen LogP contribution in [0.3, 0.4) is 0 Å². The highest BCUT2D eigenvalue weighted by Gasteiger charge is 2.38. The lowest BCUT2D eigenvalue weighted by molar-refractivity contribution is -0.192. The molecule has 5 N–H and O–H groups in total. The SMILES string of the molecule is N[C@@H](CNC(=O)[C@@H]1CCCN(C(=O)CCC2CCN(C(=O)OCc3ccccc3)CC2)C1)C(=O)O.O=C(O)C(F)(F)F. The summed E-state index contributed by atoms with van der Waals surface area (Å²) in [5.41, 5.74) is 6.39. The van der Waals surface area contributed by atoms with Gasteiger partial charge in [0.1, 0.15) is 12.6 Å². The predicted molar refractivity (Wildman–Crippen MR) is 142 cm³/mol. The van der Waals surface area contributed by atoms with E-state index < -0.39 is 24.2 Å². The van der Waals surface area contributed by atoms with Crippen molar-refractivity contribution in [3.63, 3.8) is 0 Å². The molecule has 0 bridgehead atoms. The molecular formula is C27H37F3N4O8. The zero-order valence-corrected chi connectivity index (χ0v) is 23.1. The van der Waals surface area contributed by atoms with Gasteiger partial charge in [0.05, 0.1) is 5.92 Å². The molecule has 15 heteroatoms. The first-order valence-electron chi connectivity index (χ1n) is 13.6. The molecule has 2 atom stereocenters. The van der Waals surface area contributed by atoms with Gasteiger partial charge < -0.3 is 35.8 Å². The van der Waals surface area contributed by atoms with Crippen LogP contribution in [-0.4, -0.2) is 94.8 Å². The summed E-state index contributed by atoms with van der Waals surface area (Å²) in [5, 5.41) is 18.5. The van der Waals surface area contributed by atoms with Gasteiger partial charge in [0.15, 0.2) is 0 Å². The number of ether oxygens (including phenoxy) is 1. The van der Waals surface area contributed by atoms with Crippen LogP contribution in [0.25, 0.3) is 0 Å². The van der Waals surface area contributed by atoms with Crippen molar-refractivity contribution < 1.29 is 52.1 Å². The minimum Gasteiger partial charge on any atom is -0.480 e. The van der Waals surface area contributed by atoms with Crippen LogP contribution in [0, 0.1) is 11.8 Å². The molecule has 0 aliphatic carbocycles. The molecule has 3 rings (SSSR count). The molecule has 0 radical (unpaired) electrons. The molecule has 0 unspecified atom stereocenters. The Morgan fingerprint density at radius 1 is 1.00 bits per heavy atom. The van der Waals surface area contributed by atoms with Crippen molar-refractivity contribution in [2.24, 2.45) is 17.6 Å². The number of hydrogen-bond donors (Lipinski definition) is 4. The molecule has 2 fully saturated rings. The van der Waals surface area contributed by atoms with Crippen LogP contribution >= 0.6 is 0 Å². The lowest BCUT2D eigenvalue weighted by atomic mass is 9.91. The molecular weight excluding hydrogens is 565 g/mol. The number of aliphatic carboxylic acids is 2. The Bertz CT molecular complexity index is 1070. The fourth-order valence-corrected chi connectivity index (χ4v) is 4.56. The Morgan fingerprint density at radius 2 is 1.62 bits per heavy atom. The van der Waals surface area contributed by atoms with Gasteiger partial charge in [0.2, 0.25) is 11.8 Å². The number of nitrogens with two attached hydrogens (primary N) is 1. The molecule has 12 nitrogen and oxygen atoms in total. The maximum absolute atomic E-state index is 12.8. The topological polar surface area (TPSA) is 180 Å². The number of nitrogens with zero attached hydrogens (tertiary/aromatic N) is 2. The number of hydrogen-bond acceptors (Lipinski definition) is 7. The molecule has 2 saturated heterocycles. The number of benzene rings is 1. The summed E-state index contributed by atoms with van der Waals surface area (Å²) in [6.45, 7) is 2.35. The first kappa shape index (κ1) is 34.3. The standard InChI is InChI=1S/C25H36N4O6.C2HF3O2/c26-21(24(32)33)15-27-23(31)20-7-4-12-29(16-20)22(30)9-8-18-10-13-28(14-11-18)25(34)35-17-19-5-2-1-3-6-19;3-2(4,5)1(6)7/h1-3,5-6,18,20-21H,4,7-17,26H2,(H,27,31)(H,32,33);(H,6,7)/t20-,21+;/m1./s1. The highest BCUT2D eigenvalue weighted by atomic mass is 19.4. The van der Waals surface area contributed by atoms with Crippen LogP contribution < -0.4 is 11.1 Å². The van der Waals surface area contributed by atoms with E-state index in [0.29, 0.717) is 44.9 Å². The molecule has 234 valence electrons. The minimum atomic E-state index is -5.08. The zero-order valence-electron chi connectivity index (χ0n) is 23.1. The van der Waals surface area contributed by atoms with E-state index in [0.717, 1.165) is 31.2 Å². The third-order valence-electron chi connectivity index (χ3n) is 7.05. The molecule has 2 aliphatic heterocycles. The zero-order chi connectivity index (χ0) is 31.3. The Morgan fingerprint density at radius 3 is 2.19 bits per heavy atom. The minimum absolute atomic E-state index is 0.0365. The van der Waals surface area contributed by atoms with Crippen LogP contribution in [0.4, 0.5) is 18.0 Å². The van der Waals surface area contributed by atoms with Crippen molar-refractivity contribution in [3.8, 4) is 0 Å². The van der Waals surface area contributed by atoms with Crippen LogP contribution in [0.5, 0.6) is 0 Å². The first-order valence-corrected chi connectivity index (χ1v) is 13.6. The molecule has 42 heavy (non-hydrogen) atoms. The van der Waals surface area contributed by atoms with E-state index in [4.69, 9.17) is 25.5 Å². The van der Waals surface area contributed by atoms with Crippen LogP contribution in [0.2, 0.25) is 0 Å². The van der Waals surface area contributed by atoms with E-state index in [2.05, 4.69) is 5.32 Å². The first-order chi connectivity index (χ1) is 19.8. The van der Waals surface area contributed by atoms with E-state index >= 15 is 0 Å². The molecule has 0 saturated carbocycles. The summed E-state index contributed by atoms with van der Waals surface area (Å²) in [4.78, 5) is 60.6. The van der Waals surface area contributed by atoms with E-state index in [1.807, 2.05) is 30.3 Å². The van der Waals surface area contributed by atoms with Crippen molar-refractivity contribution in [1.29, 1.82) is 0 Å². The number of piperidine rings is 2. The summed E-state index contributed by atoms with van der Waals surface area (Å²) in [7, 11) is 0. The number of likely N-dealkylation sites (tertiary alicyclic amines) is 2. The van der Waals surface area contributed by atoms with Gasteiger partial charge in [-0.1, -0.05) is 30.3 Å². The molecule has 0 spiro atoms. The third-order valence-corrected chi connectivity index (χ3v) is 7.05. The average Bonchev–Trinajstić information content (AvgIpc) is 2.97. The maximum atomic E-state index is 12.8. The number of carboxylic acid groups (broad SMARTS) is 2. The number of rotatable bonds is 9. The Hall–Kier alpha value is -3.88. The number of carboxylic acids is 2. The number of alkyl halides is 3. The summed E-state index contributed by atoms with van der Waals surface area (Å²) < 4.78 is 37.1. The van der Waals surface area contributed by atoms with E-state index in [1.165, 1.54) is 0 Å². The quantitative estimate of drug-likeness (QED) is 0.330. The number of carbonyl (C=O) groups excluding carboxylic acids is 3. The normalized spacial score (nSPS) is 18.2. The average molecular weight is 603 g/mol. The number of amides is 3. The van der Waals surface area contributed by atoms with Gasteiger partial charge in [0, 0.05) is 39.1 Å².